The zero-order valence-corrected chi connectivity index (χ0v) is 16.8. The summed E-state index contributed by atoms with van der Waals surface area (Å²) in [7, 11) is 0. The van der Waals surface area contributed by atoms with E-state index in [2.05, 4.69) is 28.5 Å². The molecular weight excluding hydrogens is 358 g/mol. The molecule has 2 aromatic carbocycles. The summed E-state index contributed by atoms with van der Waals surface area (Å²) >= 11 is 1.25. The quantitative estimate of drug-likeness (QED) is 0.606. The van der Waals surface area contributed by atoms with E-state index in [-0.39, 0.29) is 11.2 Å². The zero-order valence-electron chi connectivity index (χ0n) is 15.9. The third-order valence-corrected chi connectivity index (χ3v) is 5.09. The van der Waals surface area contributed by atoms with Gasteiger partial charge in [-0.15, -0.1) is 10.2 Å². The van der Waals surface area contributed by atoms with Crippen LogP contribution in [0.5, 0.6) is 0 Å². The molecule has 1 atom stereocenters. The van der Waals surface area contributed by atoms with Gasteiger partial charge in [-0.05, 0) is 57.0 Å². The molecule has 0 radical (unpaired) electrons. The second-order valence-corrected chi connectivity index (χ2v) is 7.84. The van der Waals surface area contributed by atoms with Crippen molar-refractivity contribution in [3.05, 3.63) is 59.2 Å². The van der Waals surface area contributed by atoms with E-state index in [4.69, 9.17) is 4.42 Å². The molecule has 0 saturated carbocycles. The Morgan fingerprint density at radius 1 is 1.11 bits per heavy atom. The van der Waals surface area contributed by atoms with Crippen molar-refractivity contribution < 1.29 is 9.21 Å². The number of aromatic nitrogens is 2. The molecule has 3 aromatic rings. The fourth-order valence-corrected chi connectivity index (χ4v) is 3.43. The van der Waals surface area contributed by atoms with Gasteiger partial charge in [0, 0.05) is 11.3 Å². The van der Waals surface area contributed by atoms with Crippen LogP contribution in [0, 0.1) is 13.8 Å². The van der Waals surface area contributed by atoms with Gasteiger partial charge in [0.1, 0.15) is 0 Å². The van der Waals surface area contributed by atoms with E-state index in [0.717, 1.165) is 28.8 Å². The summed E-state index contributed by atoms with van der Waals surface area (Å²) in [6.45, 7) is 7.98. The molecule has 0 aliphatic heterocycles. The number of thioether (sulfide) groups is 1. The van der Waals surface area contributed by atoms with Crippen LogP contribution in [0.4, 0.5) is 5.69 Å². The van der Waals surface area contributed by atoms with Gasteiger partial charge in [0.25, 0.3) is 5.22 Å². The van der Waals surface area contributed by atoms with E-state index in [1.165, 1.54) is 17.3 Å². The van der Waals surface area contributed by atoms with Crippen LogP contribution in [0.25, 0.3) is 11.5 Å². The summed E-state index contributed by atoms with van der Waals surface area (Å²) in [5.41, 5.74) is 5.18. The Bertz CT molecular complexity index is 915. The van der Waals surface area contributed by atoms with Gasteiger partial charge in [0.05, 0.1) is 5.25 Å². The highest BCUT2D eigenvalue weighted by Gasteiger charge is 2.19. The molecule has 6 heteroatoms. The SMILES string of the molecule is CCc1ccc(NC(=O)[C@H](C)Sc2nnc(-c3cc(C)cc(C)c3)o2)cc1. The summed E-state index contributed by atoms with van der Waals surface area (Å²) in [4.78, 5) is 12.4. The highest BCUT2D eigenvalue weighted by Crippen LogP contribution is 2.27. The van der Waals surface area contributed by atoms with Crippen LogP contribution in [0.1, 0.15) is 30.5 Å². The smallest absolute Gasteiger partial charge is 0.277 e. The molecule has 0 bridgehead atoms. The molecule has 27 heavy (non-hydrogen) atoms. The van der Waals surface area contributed by atoms with E-state index in [1.54, 1.807) is 0 Å². The van der Waals surface area contributed by atoms with Crippen LogP contribution < -0.4 is 5.32 Å². The molecule has 3 rings (SSSR count). The lowest BCUT2D eigenvalue weighted by molar-refractivity contribution is -0.115. The van der Waals surface area contributed by atoms with Gasteiger partial charge in [-0.25, -0.2) is 0 Å². The predicted molar refractivity (Wildman–Crippen MR) is 109 cm³/mol. The molecule has 140 valence electrons. The van der Waals surface area contributed by atoms with E-state index >= 15 is 0 Å². The first kappa shape index (κ1) is 19.2. The third kappa shape index (κ3) is 4.98. The Kier molecular flexibility index (Phi) is 5.96. The van der Waals surface area contributed by atoms with E-state index in [9.17, 15) is 4.79 Å². The van der Waals surface area contributed by atoms with Crippen molar-refractivity contribution >= 4 is 23.4 Å². The number of carbonyl (C=O) groups excluding carboxylic acids is 1. The average molecular weight is 382 g/mol. The van der Waals surface area contributed by atoms with Crippen LogP contribution >= 0.6 is 11.8 Å². The summed E-state index contributed by atoms with van der Waals surface area (Å²) < 4.78 is 5.74. The number of amides is 1. The molecular formula is C21H23N3O2S. The highest BCUT2D eigenvalue weighted by atomic mass is 32.2. The number of nitrogens with zero attached hydrogens (tertiary/aromatic N) is 2. The number of anilines is 1. The molecule has 0 aliphatic rings. The topological polar surface area (TPSA) is 68.0 Å². The molecule has 1 amide bonds. The van der Waals surface area contributed by atoms with Crippen molar-refractivity contribution in [2.45, 2.75) is 44.6 Å². The van der Waals surface area contributed by atoms with Crippen LogP contribution in [-0.4, -0.2) is 21.4 Å². The normalized spacial score (nSPS) is 12.0. The number of benzene rings is 2. The number of hydrogen-bond donors (Lipinski definition) is 1. The number of nitrogens with one attached hydrogen (secondary N) is 1. The molecule has 1 aromatic heterocycles. The molecule has 0 unspecified atom stereocenters. The molecule has 0 aliphatic carbocycles. The number of carbonyl (C=O) groups is 1. The van der Waals surface area contributed by atoms with E-state index in [1.807, 2.05) is 57.2 Å². The average Bonchev–Trinajstić information content (AvgIpc) is 3.10. The maximum atomic E-state index is 12.4. The minimum atomic E-state index is -0.358. The maximum Gasteiger partial charge on any atom is 0.277 e. The Morgan fingerprint density at radius 3 is 2.41 bits per heavy atom. The van der Waals surface area contributed by atoms with Crippen LogP contribution in [-0.2, 0) is 11.2 Å². The second kappa shape index (κ2) is 8.39. The fraction of sp³-hybridized carbons (Fsp3) is 0.286. The molecule has 0 spiro atoms. The first-order valence-corrected chi connectivity index (χ1v) is 9.81. The summed E-state index contributed by atoms with van der Waals surface area (Å²) in [6.07, 6.45) is 0.973. The zero-order chi connectivity index (χ0) is 19.4. The molecule has 0 fully saturated rings. The van der Waals surface area contributed by atoms with Crippen LogP contribution in [0.2, 0.25) is 0 Å². The lowest BCUT2D eigenvalue weighted by Gasteiger charge is -2.10. The van der Waals surface area contributed by atoms with Crippen molar-refractivity contribution in [1.29, 1.82) is 0 Å². The maximum absolute atomic E-state index is 12.4. The van der Waals surface area contributed by atoms with Crippen molar-refractivity contribution in [3.8, 4) is 11.5 Å². The van der Waals surface area contributed by atoms with Crippen molar-refractivity contribution in [3.63, 3.8) is 0 Å². The molecule has 0 saturated heterocycles. The monoisotopic (exact) mass is 381 g/mol. The van der Waals surface area contributed by atoms with Crippen molar-refractivity contribution in [2.75, 3.05) is 5.32 Å². The number of rotatable bonds is 6. The van der Waals surface area contributed by atoms with Gasteiger partial charge < -0.3 is 9.73 Å². The summed E-state index contributed by atoms with van der Waals surface area (Å²) in [6, 6.07) is 14.0. The Morgan fingerprint density at radius 2 is 1.78 bits per heavy atom. The minimum absolute atomic E-state index is 0.101. The standard InChI is InChI=1S/C21H23N3O2S/c1-5-16-6-8-18(9-7-16)22-19(25)15(4)27-21-24-23-20(26-21)17-11-13(2)10-14(3)12-17/h6-12,15H,5H2,1-4H3,(H,22,25)/t15-/m0/s1. The second-order valence-electron chi connectivity index (χ2n) is 6.55. The molecule has 1 N–H and O–H groups in total. The van der Waals surface area contributed by atoms with Gasteiger partial charge in [-0.2, -0.15) is 0 Å². The highest BCUT2D eigenvalue weighted by molar-refractivity contribution is 8.00. The van der Waals surface area contributed by atoms with Crippen molar-refractivity contribution in [1.82, 2.24) is 10.2 Å². The predicted octanol–water partition coefficient (Wildman–Crippen LogP) is 5.04. The first-order chi connectivity index (χ1) is 12.9. The van der Waals surface area contributed by atoms with Gasteiger partial charge in [-0.3, -0.25) is 4.79 Å². The Labute approximate surface area is 163 Å². The largest absolute Gasteiger partial charge is 0.411 e. The van der Waals surface area contributed by atoms with Gasteiger partial charge in [0.2, 0.25) is 11.8 Å². The number of aryl methyl sites for hydroxylation is 3. The van der Waals surface area contributed by atoms with Crippen LogP contribution in [0.3, 0.4) is 0 Å². The fourth-order valence-electron chi connectivity index (χ4n) is 2.74. The first-order valence-electron chi connectivity index (χ1n) is 8.93. The number of hydrogen-bond acceptors (Lipinski definition) is 5. The third-order valence-electron chi connectivity index (χ3n) is 4.15. The van der Waals surface area contributed by atoms with Crippen LogP contribution in [0.15, 0.2) is 52.1 Å². The lowest BCUT2D eigenvalue weighted by Crippen LogP contribution is -2.22. The van der Waals surface area contributed by atoms with Gasteiger partial charge in [0.15, 0.2) is 0 Å². The van der Waals surface area contributed by atoms with Gasteiger partial charge in [-0.1, -0.05) is 48.0 Å². The van der Waals surface area contributed by atoms with Crippen molar-refractivity contribution in [2.24, 2.45) is 0 Å². The minimum Gasteiger partial charge on any atom is -0.411 e. The summed E-state index contributed by atoms with van der Waals surface area (Å²) in [5.74, 6) is 0.363. The van der Waals surface area contributed by atoms with E-state index in [0.29, 0.717) is 11.1 Å². The molecule has 5 nitrogen and oxygen atoms in total. The van der Waals surface area contributed by atoms with Gasteiger partial charge >= 0.3 is 0 Å². The Balaban J connectivity index is 1.64. The van der Waals surface area contributed by atoms with E-state index < -0.39 is 0 Å². The lowest BCUT2D eigenvalue weighted by atomic mass is 10.1. The Hall–Kier alpha value is -2.60. The summed E-state index contributed by atoms with van der Waals surface area (Å²) in [5, 5.41) is 11.1. The molecule has 1 heterocycles.